The Morgan fingerprint density at radius 2 is 2.00 bits per heavy atom. The van der Waals surface area contributed by atoms with Crippen LogP contribution in [0.25, 0.3) is 11.0 Å². The number of benzene rings is 1. The lowest BCUT2D eigenvalue weighted by atomic mass is 10.2. The zero-order chi connectivity index (χ0) is 12.4. The summed E-state index contributed by atoms with van der Waals surface area (Å²) in [5, 5.41) is 1.18. The van der Waals surface area contributed by atoms with E-state index >= 15 is 0 Å². The molecule has 2 aromatic rings. The highest BCUT2D eigenvalue weighted by Crippen LogP contribution is 2.28. The van der Waals surface area contributed by atoms with E-state index in [0.29, 0.717) is 0 Å². The van der Waals surface area contributed by atoms with Gasteiger partial charge in [-0.05, 0) is 12.1 Å². The quantitative estimate of drug-likeness (QED) is 0.772. The average molecular weight is 242 g/mol. The van der Waals surface area contributed by atoms with Gasteiger partial charge in [0.1, 0.15) is 0 Å². The second-order valence-corrected chi connectivity index (χ2v) is 4.69. The van der Waals surface area contributed by atoms with Gasteiger partial charge in [0, 0.05) is 38.1 Å². The van der Waals surface area contributed by atoms with Gasteiger partial charge in [-0.1, -0.05) is 18.2 Å². The predicted molar refractivity (Wildman–Crippen MR) is 75.1 cm³/mol. The normalized spacial score (nSPS) is 17.2. The fourth-order valence-electron chi connectivity index (χ4n) is 2.58. The number of nitrogens with zero attached hydrogens (tertiary/aromatic N) is 2. The van der Waals surface area contributed by atoms with Crippen molar-refractivity contribution >= 4 is 16.7 Å². The van der Waals surface area contributed by atoms with Crippen LogP contribution in [0, 0.1) is 0 Å². The van der Waals surface area contributed by atoms with Crippen LogP contribution in [0.15, 0.2) is 47.6 Å². The molecule has 1 aromatic carbocycles. The molecule has 18 heavy (non-hydrogen) atoms. The van der Waals surface area contributed by atoms with Crippen LogP contribution in [0.4, 0.5) is 5.69 Å². The Balaban J connectivity index is 1.80. The molecule has 2 heterocycles. The number of hydrogen-bond donors (Lipinski definition) is 0. The topological polar surface area (TPSA) is 19.6 Å². The highest BCUT2D eigenvalue weighted by atomic mass is 16.3. The van der Waals surface area contributed by atoms with Crippen molar-refractivity contribution in [3.63, 3.8) is 0 Å². The second kappa shape index (κ2) is 4.86. The molecule has 1 aromatic heterocycles. The van der Waals surface area contributed by atoms with Crippen LogP contribution >= 0.6 is 0 Å². The number of piperazine rings is 1. The minimum absolute atomic E-state index is 0.985. The van der Waals surface area contributed by atoms with Crippen LogP contribution in [0.3, 0.4) is 0 Å². The minimum Gasteiger partial charge on any atom is -0.462 e. The fourth-order valence-corrected chi connectivity index (χ4v) is 2.58. The summed E-state index contributed by atoms with van der Waals surface area (Å²) >= 11 is 0. The Morgan fingerprint density at radius 3 is 2.78 bits per heavy atom. The van der Waals surface area contributed by atoms with Gasteiger partial charge in [0.2, 0.25) is 0 Å². The van der Waals surface area contributed by atoms with E-state index in [9.17, 15) is 0 Å². The largest absolute Gasteiger partial charge is 0.462 e. The molecule has 1 fully saturated rings. The standard InChI is InChI=1S/C15H18N2O/c1-2-7-16-8-10-17(11-9-16)14-5-3-4-13-6-12-18-15(13)14/h2-6,12H,1,7-11H2. The number of furan rings is 1. The van der Waals surface area contributed by atoms with Gasteiger partial charge in [0.15, 0.2) is 5.58 Å². The summed E-state index contributed by atoms with van der Waals surface area (Å²) in [4.78, 5) is 4.83. The maximum atomic E-state index is 5.61. The molecule has 0 atom stereocenters. The molecule has 0 N–H and O–H groups in total. The Morgan fingerprint density at radius 1 is 1.17 bits per heavy atom. The highest BCUT2D eigenvalue weighted by molar-refractivity contribution is 5.89. The lowest BCUT2D eigenvalue weighted by molar-refractivity contribution is 0.284. The van der Waals surface area contributed by atoms with Crippen molar-refractivity contribution in [3.05, 3.63) is 43.2 Å². The molecule has 3 rings (SSSR count). The summed E-state index contributed by atoms with van der Waals surface area (Å²) in [6, 6.07) is 8.36. The van der Waals surface area contributed by atoms with Crippen molar-refractivity contribution in [2.45, 2.75) is 0 Å². The zero-order valence-corrected chi connectivity index (χ0v) is 10.5. The molecule has 1 aliphatic rings. The van der Waals surface area contributed by atoms with Crippen LogP contribution in [-0.4, -0.2) is 37.6 Å². The van der Waals surface area contributed by atoms with Gasteiger partial charge >= 0.3 is 0 Å². The maximum absolute atomic E-state index is 5.61. The van der Waals surface area contributed by atoms with Crippen molar-refractivity contribution in [2.75, 3.05) is 37.6 Å². The van der Waals surface area contributed by atoms with Crippen LogP contribution in [0.5, 0.6) is 0 Å². The van der Waals surface area contributed by atoms with Gasteiger partial charge in [-0.3, -0.25) is 4.90 Å². The van der Waals surface area contributed by atoms with Crippen LogP contribution in [-0.2, 0) is 0 Å². The van der Waals surface area contributed by atoms with E-state index in [-0.39, 0.29) is 0 Å². The first-order valence-electron chi connectivity index (χ1n) is 6.43. The van der Waals surface area contributed by atoms with Gasteiger partial charge in [-0.2, -0.15) is 0 Å². The smallest absolute Gasteiger partial charge is 0.157 e. The van der Waals surface area contributed by atoms with Crippen molar-refractivity contribution in [3.8, 4) is 0 Å². The van der Waals surface area contributed by atoms with Crippen LogP contribution in [0.1, 0.15) is 0 Å². The number of anilines is 1. The summed E-state index contributed by atoms with van der Waals surface area (Å²) in [7, 11) is 0. The summed E-state index contributed by atoms with van der Waals surface area (Å²) < 4.78 is 5.61. The van der Waals surface area contributed by atoms with Gasteiger partial charge in [-0.25, -0.2) is 0 Å². The van der Waals surface area contributed by atoms with Gasteiger partial charge in [0.25, 0.3) is 0 Å². The fraction of sp³-hybridized carbons (Fsp3) is 0.333. The Hall–Kier alpha value is -1.74. The second-order valence-electron chi connectivity index (χ2n) is 4.69. The molecule has 1 saturated heterocycles. The van der Waals surface area contributed by atoms with Gasteiger partial charge in [0.05, 0.1) is 12.0 Å². The molecule has 0 radical (unpaired) electrons. The third-order valence-corrected chi connectivity index (χ3v) is 3.56. The third kappa shape index (κ3) is 2.02. The molecular weight excluding hydrogens is 224 g/mol. The van der Waals surface area contributed by atoms with E-state index in [1.54, 1.807) is 6.26 Å². The molecule has 0 unspecified atom stereocenters. The SMILES string of the molecule is C=CCN1CCN(c2cccc3ccoc23)CC1. The van der Waals surface area contributed by atoms with Crippen molar-refractivity contribution in [1.82, 2.24) is 4.90 Å². The lowest BCUT2D eigenvalue weighted by Crippen LogP contribution is -2.46. The van der Waals surface area contributed by atoms with Crippen molar-refractivity contribution < 1.29 is 4.42 Å². The molecular formula is C15H18N2O. The van der Waals surface area contributed by atoms with Gasteiger partial charge in [-0.15, -0.1) is 6.58 Å². The summed E-state index contributed by atoms with van der Waals surface area (Å²) in [5.74, 6) is 0. The van der Waals surface area contributed by atoms with E-state index in [0.717, 1.165) is 38.3 Å². The minimum atomic E-state index is 0.985. The summed E-state index contributed by atoms with van der Waals surface area (Å²) in [6.07, 6.45) is 3.74. The number of para-hydroxylation sites is 1. The Kier molecular flexibility index (Phi) is 3.07. The average Bonchev–Trinajstić information content (AvgIpc) is 2.88. The van der Waals surface area contributed by atoms with Crippen LogP contribution in [0.2, 0.25) is 0 Å². The third-order valence-electron chi connectivity index (χ3n) is 3.56. The maximum Gasteiger partial charge on any atom is 0.157 e. The lowest BCUT2D eigenvalue weighted by Gasteiger charge is -2.35. The highest BCUT2D eigenvalue weighted by Gasteiger charge is 2.18. The Bertz CT molecular complexity index is 538. The number of fused-ring (bicyclic) bond motifs is 1. The first-order chi connectivity index (χ1) is 8.88. The zero-order valence-electron chi connectivity index (χ0n) is 10.5. The van der Waals surface area contributed by atoms with E-state index in [1.165, 1.54) is 11.1 Å². The molecule has 0 bridgehead atoms. The number of rotatable bonds is 3. The van der Waals surface area contributed by atoms with Gasteiger partial charge < -0.3 is 9.32 Å². The molecule has 0 saturated carbocycles. The van der Waals surface area contributed by atoms with E-state index in [4.69, 9.17) is 4.42 Å². The van der Waals surface area contributed by atoms with E-state index in [2.05, 4.69) is 34.6 Å². The first kappa shape index (κ1) is 11.4. The van der Waals surface area contributed by atoms with Crippen LogP contribution < -0.4 is 4.90 Å². The predicted octanol–water partition coefficient (Wildman–Crippen LogP) is 2.74. The monoisotopic (exact) mass is 242 g/mol. The van der Waals surface area contributed by atoms with Crippen molar-refractivity contribution in [1.29, 1.82) is 0 Å². The molecule has 1 aliphatic heterocycles. The van der Waals surface area contributed by atoms with E-state index < -0.39 is 0 Å². The molecule has 3 nitrogen and oxygen atoms in total. The summed E-state index contributed by atoms with van der Waals surface area (Å²) in [5.41, 5.74) is 2.23. The molecule has 0 amide bonds. The molecule has 0 spiro atoms. The summed E-state index contributed by atoms with van der Waals surface area (Å²) in [6.45, 7) is 9.05. The number of hydrogen-bond acceptors (Lipinski definition) is 3. The molecule has 3 heteroatoms. The first-order valence-corrected chi connectivity index (χ1v) is 6.43. The van der Waals surface area contributed by atoms with E-state index in [1.807, 2.05) is 12.1 Å². The Labute approximate surface area is 107 Å². The van der Waals surface area contributed by atoms with Crippen molar-refractivity contribution in [2.24, 2.45) is 0 Å². The molecule has 94 valence electrons. The molecule has 0 aliphatic carbocycles.